The van der Waals surface area contributed by atoms with Gasteiger partial charge in [-0.05, 0) is 55.7 Å². The molecule has 3 nitrogen and oxygen atoms in total. The van der Waals surface area contributed by atoms with Crippen molar-refractivity contribution in [2.45, 2.75) is 46.5 Å². The minimum atomic E-state index is 0.237. The van der Waals surface area contributed by atoms with Crippen LogP contribution in [-0.4, -0.2) is 19.0 Å². The highest BCUT2D eigenvalue weighted by Crippen LogP contribution is 2.31. The molecule has 116 valence electrons. The summed E-state index contributed by atoms with van der Waals surface area (Å²) in [7, 11) is 0. The smallest absolute Gasteiger partial charge is 0.227 e. The summed E-state index contributed by atoms with van der Waals surface area (Å²) in [5, 5.41) is 0. The van der Waals surface area contributed by atoms with E-state index in [9.17, 15) is 4.79 Å². The number of benzene rings is 1. The van der Waals surface area contributed by atoms with E-state index in [4.69, 9.17) is 5.73 Å². The van der Waals surface area contributed by atoms with Gasteiger partial charge in [-0.3, -0.25) is 4.79 Å². The number of anilines is 1. The predicted molar refractivity (Wildman–Crippen MR) is 88.5 cm³/mol. The summed E-state index contributed by atoms with van der Waals surface area (Å²) in [5.41, 5.74) is 9.51. The van der Waals surface area contributed by atoms with Gasteiger partial charge in [0.2, 0.25) is 5.91 Å². The van der Waals surface area contributed by atoms with Crippen molar-refractivity contribution in [1.82, 2.24) is 0 Å². The lowest BCUT2D eigenvalue weighted by Crippen LogP contribution is -2.38. The van der Waals surface area contributed by atoms with E-state index in [1.54, 1.807) is 0 Å². The summed E-state index contributed by atoms with van der Waals surface area (Å²) >= 11 is 0. The molecule has 21 heavy (non-hydrogen) atoms. The van der Waals surface area contributed by atoms with Crippen LogP contribution in [0.15, 0.2) is 18.2 Å². The molecule has 1 aromatic rings. The second-order valence-corrected chi connectivity index (χ2v) is 6.67. The molecule has 0 bridgehead atoms. The molecule has 0 aromatic heterocycles. The van der Waals surface area contributed by atoms with Crippen LogP contribution in [0.25, 0.3) is 0 Å². The number of hydrogen-bond donors (Lipinski definition) is 1. The van der Waals surface area contributed by atoms with Gasteiger partial charge in [0.05, 0.1) is 0 Å². The maximum atomic E-state index is 12.7. The molecule has 1 heterocycles. The van der Waals surface area contributed by atoms with Crippen molar-refractivity contribution in [2.75, 3.05) is 18.0 Å². The van der Waals surface area contributed by atoms with Gasteiger partial charge in [0.1, 0.15) is 0 Å². The quantitative estimate of drug-likeness (QED) is 0.903. The number of rotatable bonds is 5. The van der Waals surface area contributed by atoms with Crippen molar-refractivity contribution < 1.29 is 4.79 Å². The van der Waals surface area contributed by atoms with Crippen molar-refractivity contribution in [1.29, 1.82) is 0 Å². The summed E-state index contributed by atoms with van der Waals surface area (Å²) < 4.78 is 0. The molecule has 0 aliphatic carbocycles. The fourth-order valence-electron chi connectivity index (χ4n) is 3.38. The Balaban J connectivity index is 2.14. The van der Waals surface area contributed by atoms with Gasteiger partial charge in [0.25, 0.3) is 0 Å². The minimum Gasteiger partial charge on any atom is -0.330 e. The first-order chi connectivity index (χ1) is 10.0. The Morgan fingerprint density at radius 2 is 2.14 bits per heavy atom. The van der Waals surface area contributed by atoms with E-state index in [2.05, 4.69) is 39.0 Å². The second-order valence-electron chi connectivity index (χ2n) is 6.67. The second kappa shape index (κ2) is 7.08. The zero-order valence-electron chi connectivity index (χ0n) is 13.6. The Morgan fingerprint density at radius 1 is 1.38 bits per heavy atom. The third-order valence-electron chi connectivity index (χ3n) is 4.32. The van der Waals surface area contributed by atoms with Crippen LogP contribution in [0.4, 0.5) is 5.69 Å². The molecule has 0 saturated carbocycles. The SMILES string of the molecule is Cc1cccc2c1N(C(=O)CC(CN)CC(C)C)CCC2. The summed E-state index contributed by atoms with van der Waals surface area (Å²) in [5.74, 6) is 1.12. The van der Waals surface area contributed by atoms with E-state index < -0.39 is 0 Å². The van der Waals surface area contributed by atoms with Gasteiger partial charge >= 0.3 is 0 Å². The maximum absolute atomic E-state index is 12.7. The summed E-state index contributed by atoms with van der Waals surface area (Å²) in [6, 6.07) is 6.33. The summed E-state index contributed by atoms with van der Waals surface area (Å²) in [6.07, 6.45) is 3.73. The number of nitrogens with two attached hydrogens (primary N) is 1. The molecule has 2 rings (SSSR count). The predicted octanol–water partition coefficient (Wildman–Crippen LogP) is 3.29. The Bertz CT molecular complexity index is 496. The number of carbonyl (C=O) groups excluding carboxylic acids is 1. The average Bonchev–Trinajstić information content (AvgIpc) is 2.45. The number of carbonyl (C=O) groups is 1. The molecule has 1 aliphatic heterocycles. The first-order valence-electron chi connectivity index (χ1n) is 8.11. The van der Waals surface area contributed by atoms with E-state index in [-0.39, 0.29) is 5.91 Å². The van der Waals surface area contributed by atoms with Crippen molar-refractivity contribution in [3.8, 4) is 0 Å². The molecule has 0 saturated heterocycles. The average molecular weight is 288 g/mol. The van der Waals surface area contributed by atoms with Crippen LogP contribution in [0.3, 0.4) is 0 Å². The normalized spacial score (nSPS) is 16.0. The molecule has 3 heteroatoms. The Kier molecular flexibility index (Phi) is 5.40. The van der Waals surface area contributed by atoms with Crippen LogP contribution in [0.5, 0.6) is 0 Å². The summed E-state index contributed by atoms with van der Waals surface area (Å²) in [4.78, 5) is 14.7. The van der Waals surface area contributed by atoms with E-state index in [1.165, 1.54) is 11.1 Å². The van der Waals surface area contributed by atoms with E-state index in [0.717, 1.165) is 31.5 Å². The largest absolute Gasteiger partial charge is 0.330 e. The van der Waals surface area contributed by atoms with Crippen molar-refractivity contribution in [3.63, 3.8) is 0 Å². The van der Waals surface area contributed by atoms with Crippen molar-refractivity contribution in [3.05, 3.63) is 29.3 Å². The molecule has 0 radical (unpaired) electrons. The number of amides is 1. The van der Waals surface area contributed by atoms with Gasteiger partial charge in [-0.15, -0.1) is 0 Å². The standard InChI is InChI=1S/C18H28N2O/c1-13(2)10-15(12-19)11-17(21)20-9-5-8-16-7-4-6-14(3)18(16)20/h4,6-7,13,15H,5,8-12,19H2,1-3H3. The number of hydrogen-bond acceptors (Lipinski definition) is 2. The Morgan fingerprint density at radius 3 is 2.81 bits per heavy atom. The number of fused-ring (bicyclic) bond motifs is 1. The Hall–Kier alpha value is -1.35. The number of aryl methyl sites for hydroxylation is 2. The van der Waals surface area contributed by atoms with Crippen LogP contribution in [0.2, 0.25) is 0 Å². The first kappa shape index (κ1) is 16.0. The van der Waals surface area contributed by atoms with Gasteiger partial charge in [-0.2, -0.15) is 0 Å². The third-order valence-corrected chi connectivity index (χ3v) is 4.32. The molecule has 1 amide bonds. The molecule has 2 N–H and O–H groups in total. The lowest BCUT2D eigenvalue weighted by atomic mass is 9.92. The van der Waals surface area contributed by atoms with E-state index in [1.807, 2.05) is 4.90 Å². The number of nitrogens with zero attached hydrogens (tertiary/aromatic N) is 1. The van der Waals surface area contributed by atoms with Gasteiger partial charge in [-0.1, -0.05) is 32.0 Å². The molecule has 0 spiro atoms. The highest BCUT2D eigenvalue weighted by molar-refractivity contribution is 5.95. The van der Waals surface area contributed by atoms with Crippen LogP contribution < -0.4 is 10.6 Å². The minimum absolute atomic E-state index is 0.237. The van der Waals surface area contributed by atoms with Crippen LogP contribution in [0, 0.1) is 18.8 Å². The molecule has 1 aliphatic rings. The lowest BCUT2D eigenvalue weighted by molar-refractivity contribution is -0.119. The van der Waals surface area contributed by atoms with Crippen molar-refractivity contribution in [2.24, 2.45) is 17.6 Å². The topological polar surface area (TPSA) is 46.3 Å². The van der Waals surface area contributed by atoms with Gasteiger partial charge in [-0.25, -0.2) is 0 Å². The summed E-state index contributed by atoms with van der Waals surface area (Å²) in [6.45, 7) is 7.91. The third kappa shape index (κ3) is 3.85. The zero-order valence-corrected chi connectivity index (χ0v) is 13.6. The van der Waals surface area contributed by atoms with Crippen LogP contribution >= 0.6 is 0 Å². The fourth-order valence-corrected chi connectivity index (χ4v) is 3.38. The fraction of sp³-hybridized carbons (Fsp3) is 0.611. The maximum Gasteiger partial charge on any atom is 0.227 e. The molecule has 1 aromatic carbocycles. The van der Waals surface area contributed by atoms with E-state index >= 15 is 0 Å². The highest BCUT2D eigenvalue weighted by Gasteiger charge is 2.25. The molecule has 1 unspecified atom stereocenters. The monoisotopic (exact) mass is 288 g/mol. The van der Waals surface area contributed by atoms with E-state index in [0.29, 0.717) is 24.8 Å². The number of para-hydroxylation sites is 1. The first-order valence-corrected chi connectivity index (χ1v) is 8.11. The molecule has 0 fully saturated rings. The Labute approximate surface area is 128 Å². The van der Waals surface area contributed by atoms with Crippen molar-refractivity contribution >= 4 is 11.6 Å². The van der Waals surface area contributed by atoms with Crippen LogP contribution in [-0.2, 0) is 11.2 Å². The molecule has 1 atom stereocenters. The van der Waals surface area contributed by atoms with Gasteiger partial charge < -0.3 is 10.6 Å². The zero-order chi connectivity index (χ0) is 15.4. The van der Waals surface area contributed by atoms with Gasteiger partial charge in [0.15, 0.2) is 0 Å². The van der Waals surface area contributed by atoms with Gasteiger partial charge in [0, 0.05) is 18.7 Å². The highest BCUT2D eigenvalue weighted by atomic mass is 16.2. The lowest BCUT2D eigenvalue weighted by Gasteiger charge is -2.32. The molecular formula is C18H28N2O. The molecular weight excluding hydrogens is 260 g/mol. The van der Waals surface area contributed by atoms with Crippen LogP contribution in [0.1, 0.15) is 44.2 Å².